The second kappa shape index (κ2) is 10.7. The average Bonchev–Trinajstić information content (AvgIpc) is 2.96. The quantitative estimate of drug-likeness (QED) is 0.440. The summed E-state index contributed by atoms with van der Waals surface area (Å²) in [5, 5.41) is 18.2. The molecule has 1 unspecified atom stereocenters. The number of aryl methyl sites for hydroxylation is 2. The van der Waals surface area contributed by atoms with Gasteiger partial charge in [0, 0.05) is 18.0 Å². The molecule has 0 bridgehead atoms. The second-order valence-electron chi connectivity index (χ2n) is 5.83. The van der Waals surface area contributed by atoms with E-state index in [-0.39, 0.29) is 13.2 Å². The van der Waals surface area contributed by atoms with E-state index in [1.165, 1.54) is 0 Å². The Morgan fingerprint density at radius 1 is 1.33 bits per heavy atom. The monoisotopic (exact) mass is 430 g/mol. The van der Waals surface area contributed by atoms with Gasteiger partial charge in [0.2, 0.25) is 0 Å². The summed E-state index contributed by atoms with van der Waals surface area (Å²) in [5.74, 6) is 1.07. The van der Waals surface area contributed by atoms with Gasteiger partial charge >= 0.3 is 0 Å². The number of nitrogens with zero attached hydrogens (tertiary/aromatic N) is 2. The normalized spacial score (nSPS) is 12.7. The van der Waals surface area contributed by atoms with Gasteiger partial charge in [-0.3, -0.25) is 0 Å². The number of aliphatic hydroxyl groups excluding tert-OH is 1. The molecule has 1 atom stereocenters. The Kier molecular flexibility index (Phi) is 8.63. The topological polar surface area (TPSA) is 78.8 Å². The molecule has 0 fully saturated rings. The fourth-order valence-corrected chi connectivity index (χ4v) is 3.48. The van der Waals surface area contributed by atoms with Crippen LogP contribution in [-0.2, 0) is 6.54 Å². The zero-order valence-corrected chi connectivity index (χ0v) is 17.9. The van der Waals surface area contributed by atoms with Crippen LogP contribution in [0.3, 0.4) is 0 Å². The summed E-state index contributed by atoms with van der Waals surface area (Å²) in [6.07, 6.45) is -0.740. The number of halogens is 2. The number of aliphatic hydroxyl groups is 1. The molecule has 9 heteroatoms. The van der Waals surface area contributed by atoms with Crippen LogP contribution in [0, 0.1) is 13.8 Å². The molecule has 2 rings (SSSR count). The van der Waals surface area contributed by atoms with Crippen molar-refractivity contribution in [3.63, 3.8) is 0 Å². The maximum Gasteiger partial charge on any atom is 0.191 e. The molecule has 0 aliphatic rings. The van der Waals surface area contributed by atoms with Crippen LogP contribution in [0.5, 0.6) is 5.75 Å². The van der Waals surface area contributed by atoms with Crippen LogP contribution in [0.4, 0.5) is 0 Å². The number of guanidine groups is 1. The maximum absolute atomic E-state index is 10.2. The minimum Gasteiger partial charge on any atom is -0.489 e. The van der Waals surface area contributed by atoms with Gasteiger partial charge in [-0.05, 0) is 32.9 Å². The molecule has 0 amide bonds. The third-order valence-corrected chi connectivity index (χ3v) is 5.44. The van der Waals surface area contributed by atoms with Gasteiger partial charge in [0.05, 0.1) is 22.3 Å². The minimum absolute atomic E-state index is 0.0830. The molecule has 0 spiro atoms. The van der Waals surface area contributed by atoms with Crippen molar-refractivity contribution in [2.45, 2.75) is 33.4 Å². The number of thiazole rings is 1. The van der Waals surface area contributed by atoms with Crippen LogP contribution in [-0.4, -0.2) is 41.9 Å². The van der Waals surface area contributed by atoms with E-state index in [1.54, 1.807) is 29.5 Å². The molecule has 0 radical (unpaired) electrons. The van der Waals surface area contributed by atoms with Crippen molar-refractivity contribution in [3.8, 4) is 5.75 Å². The minimum atomic E-state index is -0.740. The number of aromatic nitrogens is 1. The molecule has 27 heavy (non-hydrogen) atoms. The first-order valence-corrected chi connectivity index (χ1v) is 10.2. The number of benzene rings is 1. The predicted molar refractivity (Wildman–Crippen MR) is 112 cm³/mol. The summed E-state index contributed by atoms with van der Waals surface area (Å²) in [6.45, 7) is 7.58. The fourth-order valence-electron chi connectivity index (χ4n) is 2.27. The molecule has 1 heterocycles. The van der Waals surface area contributed by atoms with Crippen molar-refractivity contribution in [2.75, 3.05) is 19.7 Å². The van der Waals surface area contributed by atoms with Crippen molar-refractivity contribution < 1.29 is 9.84 Å². The summed E-state index contributed by atoms with van der Waals surface area (Å²) in [7, 11) is 0. The predicted octanol–water partition coefficient (Wildman–Crippen LogP) is 3.56. The van der Waals surface area contributed by atoms with Gasteiger partial charge in [0.15, 0.2) is 5.96 Å². The Hall–Kier alpha value is -1.54. The number of nitrogens with one attached hydrogen (secondary N) is 2. The first-order chi connectivity index (χ1) is 12.9. The summed E-state index contributed by atoms with van der Waals surface area (Å²) < 4.78 is 5.55. The Balaban J connectivity index is 1.86. The van der Waals surface area contributed by atoms with E-state index in [0.717, 1.165) is 22.1 Å². The Bertz CT molecular complexity index is 783. The van der Waals surface area contributed by atoms with Crippen LogP contribution in [0.1, 0.15) is 22.5 Å². The van der Waals surface area contributed by atoms with E-state index in [2.05, 4.69) is 20.6 Å². The van der Waals surface area contributed by atoms with Crippen molar-refractivity contribution in [1.82, 2.24) is 15.6 Å². The standard InChI is InChI=1S/C18H24Cl2N4O2S/c1-4-21-18(23-9-16-11(2)24-12(3)27-16)22-8-13(25)10-26-15-7-5-6-14(19)17(15)20/h5-7,13,25H,4,8-10H2,1-3H3,(H2,21,22,23). The largest absolute Gasteiger partial charge is 0.489 e. The number of hydrogen-bond acceptors (Lipinski definition) is 5. The highest BCUT2D eigenvalue weighted by Gasteiger charge is 2.11. The van der Waals surface area contributed by atoms with Gasteiger partial charge in [-0.15, -0.1) is 11.3 Å². The Morgan fingerprint density at radius 2 is 2.11 bits per heavy atom. The third kappa shape index (κ3) is 6.84. The molecule has 148 valence electrons. The Morgan fingerprint density at radius 3 is 2.78 bits per heavy atom. The molecule has 2 aromatic rings. The third-order valence-electron chi connectivity index (χ3n) is 3.58. The lowest BCUT2D eigenvalue weighted by Crippen LogP contribution is -2.42. The van der Waals surface area contributed by atoms with Gasteiger partial charge < -0.3 is 20.5 Å². The zero-order valence-electron chi connectivity index (χ0n) is 15.6. The number of aliphatic imine (C=N–C) groups is 1. The summed E-state index contributed by atoms with van der Waals surface area (Å²) >= 11 is 13.7. The Labute approximate surface area is 173 Å². The number of rotatable bonds is 8. The van der Waals surface area contributed by atoms with E-state index in [0.29, 0.717) is 28.3 Å². The summed E-state index contributed by atoms with van der Waals surface area (Å²) in [6, 6.07) is 5.13. The SMILES string of the molecule is CCNC(=NCc1sc(C)nc1C)NCC(O)COc1cccc(Cl)c1Cl. The van der Waals surface area contributed by atoms with Crippen LogP contribution >= 0.6 is 34.5 Å². The lowest BCUT2D eigenvalue weighted by Gasteiger charge is -2.16. The number of hydrogen-bond donors (Lipinski definition) is 3. The van der Waals surface area contributed by atoms with Gasteiger partial charge in [-0.2, -0.15) is 0 Å². The molecular weight excluding hydrogens is 407 g/mol. The lowest BCUT2D eigenvalue weighted by molar-refractivity contribution is 0.110. The van der Waals surface area contributed by atoms with E-state index >= 15 is 0 Å². The fraction of sp³-hybridized carbons (Fsp3) is 0.444. The molecule has 0 saturated heterocycles. The van der Waals surface area contributed by atoms with Crippen molar-refractivity contribution in [3.05, 3.63) is 43.8 Å². The molecule has 6 nitrogen and oxygen atoms in total. The van der Waals surface area contributed by atoms with Gasteiger partial charge in [0.1, 0.15) is 23.5 Å². The maximum atomic E-state index is 10.2. The van der Waals surface area contributed by atoms with Crippen LogP contribution < -0.4 is 15.4 Å². The smallest absolute Gasteiger partial charge is 0.191 e. The summed E-state index contributed by atoms with van der Waals surface area (Å²) in [4.78, 5) is 10.1. The molecule has 0 aliphatic carbocycles. The van der Waals surface area contributed by atoms with Crippen molar-refractivity contribution in [1.29, 1.82) is 0 Å². The molecule has 0 saturated carbocycles. The average molecular weight is 431 g/mol. The van der Waals surface area contributed by atoms with E-state index in [9.17, 15) is 5.11 Å². The second-order valence-corrected chi connectivity index (χ2v) is 7.91. The van der Waals surface area contributed by atoms with E-state index in [4.69, 9.17) is 27.9 Å². The van der Waals surface area contributed by atoms with Gasteiger partial charge in [-0.1, -0.05) is 29.3 Å². The van der Waals surface area contributed by atoms with Crippen LogP contribution in [0.25, 0.3) is 0 Å². The lowest BCUT2D eigenvalue weighted by atomic mass is 10.3. The van der Waals surface area contributed by atoms with Crippen LogP contribution in [0.15, 0.2) is 23.2 Å². The molecule has 3 N–H and O–H groups in total. The highest BCUT2D eigenvalue weighted by molar-refractivity contribution is 7.11. The molecule has 1 aromatic carbocycles. The molecular formula is C18H24Cl2N4O2S. The van der Waals surface area contributed by atoms with Gasteiger partial charge in [0.25, 0.3) is 0 Å². The first kappa shape index (κ1) is 21.8. The van der Waals surface area contributed by atoms with Crippen molar-refractivity contribution in [2.24, 2.45) is 4.99 Å². The summed E-state index contributed by atoms with van der Waals surface area (Å²) in [5.41, 5.74) is 1.00. The van der Waals surface area contributed by atoms with E-state index in [1.807, 2.05) is 20.8 Å². The highest BCUT2D eigenvalue weighted by Crippen LogP contribution is 2.31. The number of ether oxygens (including phenoxy) is 1. The molecule has 1 aromatic heterocycles. The van der Waals surface area contributed by atoms with Crippen LogP contribution in [0.2, 0.25) is 10.0 Å². The first-order valence-electron chi connectivity index (χ1n) is 8.60. The van der Waals surface area contributed by atoms with Crippen molar-refractivity contribution >= 4 is 40.5 Å². The highest BCUT2D eigenvalue weighted by atomic mass is 35.5. The molecule has 0 aliphatic heterocycles. The van der Waals surface area contributed by atoms with E-state index < -0.39 is 6.10 Å². The van der Waals surface area contributed by atoms with Gasteiger partial charge in [-0.25, -0.2) is 9.98 Å². The zero-order chi connectivity index (χ0) is 19.8.